The number of aliphatic carboxylic acids is 2. The molecule has 0 radical (unpaired) electrons. The average Bonchev–Trinajstić information content (AvgIpc) is 2.16. The predicted molar refractivity (Wildman–Crippen MR) is 53.9 cm³/mol. The SMILES string of the molecule is CCSC(OC(=O)C(C)(O)C(=O)O)C(=O)O. The highest BCUT2D eigenvalue weighted by Gasteiger charge is 2.42. The van der Waals surface area contributed by atoms with Crippen LogP contribution in [0.15, 0.2) is 0 Å². The number of rotatable bonds is 6. The van der Waals surface area contributed by atoms with Gasteiger partial charge in [-0.25, -0.2) is 14.4 Å². The van der Waals surface area contributed by atoms with Crippen molar-refractivity contribution in [3.05, 3.63) is 0 Å². The van der Waals surface area contributed by atoms with Gasteiger partial charge in [-0.2, -0.15) is 0 Å². The van der Waals surface area contributed by atoms with Gasteiger partial charge >= 0.3 is 17.9 Å². The van der Waals surface area contributed by atoms with Gasteiger partial charge in [0, 0.05) is 0 Å². The second kappa shape index (κ2) is 5.71. The quantitative estimate of drug-likeness (QED) is 0.329. The van der Waals surface area contributed by atoms with Gasteiger partial charge in [0.1, 0.15) is 0 Å². The molecule has 0 aromatic carbocycles. The van der Waals surface area contributed by atoms with Gasteiger partial charge in [-0.3, -0.25) is 0 Å². The summed E-state index contributed by atoms with van der Waals surface area (Å²) in [6, 6.07) is 0. The molecule has 92 valence electrons. The maximum Gasteiger partial charge on any atom is 0.355 e. The van der Waals surface area contributed by atoms with Gasteiger partial charge in [0.15, 0.2) is 0 Å². The molecule has 2 unspecified atom stereocenters. The van der Waals surface area contributed by atoms with Crippen molar-refractivity contribution < 1.29 is 34.4 Å². The van der Waals surface area contributed by atoms with Crippen LogP contribution < -0.4 is 0 Å². The van der Waals surface area contributed by atoms with E-state index in [2.05, 4.69) is 4.74 Å². The number of hydrogen-bond donors (Lipinski definition) is 3. The topological polar surface area (TPSA) is 121 Å². The predicted octanol–water partition coefficient (Wildman–Crippen LogP) is -0.471. The number of hydrogen-bond acceptors (Lipinski definition) is 6. The lowest BCUT2D eigenvalue weighted by molar-refractivity contribution is -0.181. The highest BCUT2D eigenvalue weighted by molar-refractivity contribution is 8.00. The maximum atomic E-state index is 11.2. The lowest BCUT2D eigenvalue weighted by Crippen LogP contribution is -2.46. The van der Waals surface area contributed by atoms with Crippen molar-refractivity contribution in [2.24, 2.45) is 0 Å². The molecule has 2 atom stereocenters. The fourth-order valence-electron chi connectivity index (χ4n) is 0.606. The summed E-state index contributed by atoms with van der Waals surface area (Å²) in [5.74, 6) is -4.36. The van der Waals surface area contributed by atoms with Crippen molar-refractivity contribution in [3.8, 4) is 0 Å². The van der Waals surface area contributed by atoms with Crippen LogP contribution in [0, 0.1) is 0 Å². The van der Waals surface area contributed by atoms with Crippen molar-refractivity contribution in [1.29, 1.82) is 0 Å². The third-order valence-electron chi connectivity index (χ3n) is 1.55. The van der Waals surface area contributed by atoms with Gasteiger partial charge in [0.25, 0.3) is 5.60 Å². The van der Waals surface area contributed by atoms with E-state index < -0.39 is 28.9 Å². The zero-order valence-electron chi connectivity index (χ0n) is 8.67. The summed E-state index contributed by atoms with van der Waals surface area (Å²) in [5.41, 5.74) is -4.27. The lowest BCUT2D eigenvalue weighted by Gasteiger charge is -2.19. The van der Waals surface area contributed by atoms with Crippen LogP contribution in [0.5, 0.6) is 0 Å². The second-order valence-corrected chi connectivity index (χ2v) is 4.25. The third kappa shape index (κ3) is 3.70. The molecule has 0 saturated heterocycles. The fourth-order valence-corrected chi connectivity index (χ4v) is 1.21. The Morgan fingerprint density at radius 2 is 1.88 bits per heavy atom. The van der Waals surface area contributed by atoms with E-state index in [0.29, 0.717) is 12.7 Å². The smallest absolute Gasteiger partial charge is 0.355 e. The summed E-state index contributed by atoms with van der Waals surface area (Å²) in [6.07, 6.45) is 0. The minimum absolute atomic E-state index is 0.361. The van der Waals surface area contributed by atoms with Crippen LogP contribution in [0.25, 0.3) is 0 Å². The minimum Gasteiger partial charge on any atom is -0.479 e. The van der Waals surface area contributed by atoms with Crippen LogP contribution >= 0.6 is 11.8 Å². The van der Waals surface area contributed by atoms with Gasteiger partial charge in [-0.15, -0.1) is 11.8 Å². The molecule has 7 nitrogen and oxygen atoms in total. The lowest BCUT2D eigenvalue weighted by atomic mass is 10.1. The van der Waals surface area contributed by atoms with E-state index in [9.17, 15) is 19.5 Å². The van der Waals surface area contributed by atoms with Gasteiger partial charge in [0.2, 0.25) is 5.44 Å². The Kier molecular flexibility index (Phi) is 5.25. The number of carbonyl (C=O) groups excluding carboxylic acids is 1. The van der Waals surface area contributed by atoms with Gasteiger partial charge in [-0.05, 0) is 12.7 Å². The van der Waals surface area contributed by atoms with Gasteiger partial charge in [0.05, 0.1) is 0 Å². The largest absolute Gasteiger partial charge is 0.479 e. The molecular weight excluding hydrogens is 240 g/mol. The number of ether oxygens (including phenoxy) is 1. The molecule has 0 rings (SSSR count). The summed E-state index contributed by atoms with van der Waals surface area (Å²) in [5, 5.41) is 26.3. The van der Waals surface area contributed by atoms with E-state index in [4.69, 9.17) is 10.2 Å². The van der Waals surface area contributed by atoms with Crippen LogP contribution in [0.2, 0.25) is 0 Å². The molecule has 0 fully saturated rings. The summed E-state index contributed by atoms with van der Waals surface area (Å²) in [7, 11) is 0. The Bertz CT molecular complexity index is 299. The van der Waals surface area contributed by atoms with Gasteiger partial charge < -0.3 is 20.1 Å². The zero-order valence-corrected chi connectivity index (χ0v) is 9.48. The monoisotopic (exact) mass is 252 g/mol. The Morgan fingerprint density at radius 3 is 2.19 bits per heavy atom. The Hall–Kier alpha value is -1.28. The Labute approximate surface area is 95.4 Å². The first-order chi connectivity index (χ1) is 7.23. The molecule has 0 heterocycles. The molecule has 0 aromatic rings. The number of thioether (sulfide) groups is 1. The van der Waals surface area contributed by atoms with E-state index in [1.165, 1.54) is 0 Å². The number of carboxylic acids is 2. The first kappa shape index (κ1) is 14.7. The normalized spacial score (nSPS) is 15.9. The van der Waals surface area contributed by atoms with E-state index in [1.54, 1.807) is 6.92 Å². The number of carbonyl (C=O) groups is 3. The second-order valence-electron chi connectivity index (χ2n) is 2.91. The van der Waals surface area contributed by atoms with Crippen LogP contribution in [-0.2, 0) is 19.1 Å². The minimum atomic E-state index is -2.75. The molecule has 0 spiro atoms. The molecule has 0 saturated carbocycles. The molecule has 0 aliphatic rings. The van der Waals surface area contributed by atoms with E-state index in [0.717, 1.165) is 11.8 Å². The van der Waals surface area contributed by atoms with E-state index in [-0.39, 0.29) is 0 Å². The Morgan fingerprint density at radius 1 is 1.38 bits per heavy atom. The number of carboxylic acid groups (broad SMARTS) is 2. The molecule has 0 aromatic heterocycles. The summed E-state index contributed by atoms with van der Waals surface area (Å²) in [4.78, 5) is 32.2. The molecule has 16 heavy (non-hydrogen) atoms. The van der Waals surface area contributed by atoms with Crippen LogP contribution in [-0.4, -0.2) is 50.0 Å². The molecular formula is C8H12O7S. The maximum absolute atomic E-state index is 11.2. The first-order valence-corrected chi connectivity index (χ1v) is 5.29. The van der Waals surface area contributed by atoms with Crippen molar-refractivity contribution in [1.82, 2.24) is 0 Å². The highest BCUT2D eigenvalue weighted by Crippen LogP contribution is 2.16. The molecule has 0 bridgehead atoms. The molecule has 0 aliphatic carbocycles. The molecule has 3 N–H and O–H groups in total. The zero-order chi connectivity index (χ0) is 12.9. The van der Waals surface area contributed by atoms with Crippen molar-refractivity contribution in [2.45, 2.75) is 24.9 Å². The van der Waals surface area contributed by atoms with Crippen LogP contribution in [0.1, 0.15) is 13.8 Å². The third-order valence-corrected chi connectivity index (χ3v) is 2.48. The van der Waals surface area contributed by atoms with Crippen molar-refractivity contribution in [3.63, 3.8) is 0 Å². The van der Waals surface area contributed by atoms with Crippen LogP contribution in [0.4, 0.5) is 0 Å². The van der Waals surface area contributed by atoms with E-state index >= 15 is 0 Å². The number of esters is 1. The van der Waals surface area contributed by atoms with E-state index in [1.807, 2.05) is 0 Å². The first-order valence-electron chi connectivity index (χ1n) is 4.24. The van der Waals surface area contributed by atoms with Gasteiger partial charge in [-0.1, -0.05) is 6.92 Å². The van der Waals surface area contributed by atoms with Crippen LogP contribution in [0.3, 0.4) is 0 Å². The van der Waals surface area contributed by atoms with Crippen molar-refractivity contribution >= 4 is 29.7 Å². The molecule has 0 amide bonds. The summed E-state index contributed by atoms with van der Waals surface area (Å²) in [6.45, 7) is 2.36. The highest BCUT2D eigenvalue weighted by atomic mass is 32.2. The average molecular weight is 252 g/mol. The standard InChI is InChI=1S/C8H12O7S/c1-3-16-5(4(9)10)15-7(13)8(2,14)6(11)12/h5,14H,3H2,1-2H3,(H,9,10)(H,11,12). The molecule has 8 heteroatoms. The fraction of sp³-hybridized carbons (Fsp3) is 0.625. The summed E-state index contributed by atoms with van der Waals surface area (Å²) < 4.78 is 4.37. The number of aliphatic hydroxyl groups is 1. The Balaban J connectivity index is 4.64. The van der Waals surface area contributed by atoms with Crippen molar-refractivity contribution in [2.75, 3.05) is 5.75 Å². The summed E-state index contributed by atoms with van der Waals surface area (Å²) >= 11 is 0.794. The molecule has 0 aliphatic heterocycles.